The molecule has 2 unspecified atom stereocenters. The van der Waals surface area contributed by atoms with E-state index in [-0.39, 0.29) is 0 Å². The largest absolute Gasteiger partial charge is 0.284 e. The van der Waals surface area contributed by atoms with Gasteiger partial charge in [0.2, 0.25) is 5.63 Å². The Kier molecular flexibility index (Phi) is 2.64. The summed E-state index contributed by atoms with van der Waals surface area (Å²) in [6, 6.07) is 0. The minimum atomic E-state index is -2.85. The molecule has 0 aromatic carbocycles. The summed E-state index contributed by atoms with van der Waals surface area (Å²) in [7, 11) is 0. The molecule has 0 saturated carbocycles. The monoisotopic (exact) mass is 165 g/mol. The van der Waals surface area contributed by atoms with E-state index in [2.05, 4.69) is 35.8 Å². The van der Waals surface area contributed by atoms with Gasteiger partial charge >= 0.3 is 0 Å². The van der Waals surface area contributed by atoms with Crippen LogP contribution in [0.5, 0.6) is 0 Å². The van der Waals surface area contributed by atoms with Crippen LogP contribution >= 0.6 is 35.8 Å². The average molecular weight is 166 g/mol. The van der Waals surface area contributed by atoms with Crippen molar-refractivity contribution in [2.75, 3.05) is 0 Å². The van der Waals surface area contributed by atoms with Gasteiger partial charge in [-0.15, -0.1) is 0 Å². The van der Waals surface area contributed by atoms with E-state index in [1.54, 1.807) is 0 Å². The maximum absolute atomic E-state index is 11.6. The highest BCUT2D eigenvalue weighted by Crippen LogP contribution is 2.30. The molecule has 0 rings (SSSR count). The molecule has 0 fully saturated rings. The first kappa shape index (κ1) is 7.79. The van der Waals surface area contributed by atoms with Crippen LogP contribution in [-0.2, 0) is 0 Å². The molecule has 43 valence electrons. The summed E-state index contributed by atoms with van der Waals surface area (Å²) in [6.07, 6.45) is 0. The Morgan fingerprint density at radius 2 is 1.86 bits per heavy atom. The van der Waals surface area contributed by atoms with Crippen molar-refractivity contribution in [3.8, 4) is 0 Å². The molecule has 0 aliphatic heterocycles. The number of hydrogen-bond acceptors (Lipinski definition) is 0. The van der Waals surface area contributed by atoms with E-state index in [4.69, 9.17) is 0 Å². The molecule has 0 aromatic heterocycles. The van der Waals surface area contributed by atoms with Crippen molar-refractivity contribution < 1.29 is 8.78 Å². The second kappa shape index (κ2) is 2.37. The summed E-state index contributed by atoms with van der Waals surface area (Å²) in [5.41, 5.74) is -2.32. The van der Waals surface area contributed by atoms with Gasteiger partial charge in [-0.05, 0) is 12.6 Å². The molecule has 5 heteroatoms. The van der Waals surface area contributed by atoms with Crippen molar-refractivity contribution in [1.82, 2.24) is 0 Å². The molecule has 0 aromatic rings. The van der Waals surface area contributed by atoms with Gasteiger partial charge in [0.1, 0.15) is 0 Å². The van der Waals surface area contributed by atoms with E-state index in [1.165, 1.54) is 0 Å². The predicted molar refractivity (Wildman–Crippen MR) is 28.0 cm³/mol. The summed E-state index contributed by atoms with van der Waals surface area (Å²) in [6.45, 7) is 0. The number of alkyl halides is 4. The zero-order chi connectivity index (χ0) is 6.08. The topological polar surface area (TPSA) is 0 Å². The molecule has 0 bridgehead atoms. The zero-order valence-electron chi connectivity index (χ0n) is 3.00. The van der Waals surface area contributed by atoms with Crippen molar-refractivity contribution >= 4 is 35.8 Å². The number of halogens is 4. The van der Waals surface area contributed by atoms with Crippen LogP contribution in [-0.4, -0.2) is 10.1 Å². The van der Waals surface area contributed by atoms with Crippen LogP contribution in [0.3, 0.4) is 0 Å². The third-order valence-corrected chi connectivity index (χ3v) is 1.19. The van der Waals surface area contributed by atoms with Gasteiger partial charge in [-0.1, -0.05) is 23.2 Å². The smallest absolute Gasteiger partial charge is 0.224 e. The lowest BCUT2D eigenvalue weighted by atomic mass is 10.8. The fourth-order valence-electron chi connectivity index (χ4n) is 0. The molecule has 0 nitrogen and oxygen atoms in total. The summed E-state index contributed by atoms with van der Waals surface area (Å²) in [4.78, 5) is 0. The fraction of sp³-hybridized carbons (Fsp3) is 1.00. The Labute approximate surface area is 55.2 Å². The summed E-state index contributed by atoms with van der Waals surface area (Å²) in [5, 5.41) is 0. The Morgan fingerprint density at radius 3 is 1.86 bits per heavy atom. The average Bonchev–Trinajstić information content (AvgIpc) is 1.31. The van der Waals surface area contributed by atoms with Crippen LogP contribution in [0.25, 0.3) is 0 Å². The molecule has 7 heavy (non-hydrogen) atoms. The molecule has 0 saturated heterocycles. The van der Waals surface area contributed by atoms with Crippen molar-refractivity contribution in [3.63, 3.8) is 0 Å². The first-order valence-corrected chi connectivity index (χ1v) is 2.53. The van der Waals surface area contributed by atoms with Crippen molar-refractivity contribution in [2.24, 2.45) is 0 Å². The van der Waals surface area contributed by atoms with Gasteiger partial charge < -0.3 is 0 Å². The highest BCUT2D eigenvalue weighted by atomic mass is 35.5. The van der Waals surface area contributed by atoms with Crippen LogP contribution in [0.2, 0.25) is 0 Å². The zero-order valence-corrected chi connectivity index (χ0v) is 5.33. The molecular weight excluding hydrogens is 165 g/mol. The minimum Gasteiger partial charge on any atom is -0.224 e. The van der Waals surface area contributed by atoms with Crippen LogP contribution in [0, 0.1) is 0 Å². The Bertz CT molecular complexity index is 59.2. The lowest BCUT2D eigenvalue weighted by Gasteiger charge is -2.06. The van der Waals surface area contributed by atoms with Crippen LogP contribution in [0.4, 0.5) is 8.78 Å². The number of rotatable bonds is 1. The van der Waals surface area contributed by atoms with E-state index >= 15 is 0 Å². The summed E-state index contributed by atoms with van der Waals surface area (Å²) in [5.74, 6) is 0. The highest BCUT2D eigenvalue weighted by Gasteiger charge is 2.32. The van der Waals surface area contributed by atoms with Crippen LogP contribution in [0.15, 0.2) is 0 Å². The molecule has 0 spiro atoms. The highest BCUT2D eigenvalue weighted by molar-refractivity contribution is 7.83. The predicted octanol–water partition coefficient (Wildman–Crippen LogP) is 2.58. The molecule has 0 N–H and O–H groups in total. The van der Waals surface area contributed by atoms with Crippen LogP contribution in [0.1, 0.15) is 0 Å². The van der Waals surface area contributed by atoms with Gasteiger partial charge in [-0.3, -0.25) is 0 Å². The van der Waals surface area contributed by atoms with Gasteiger partial charge in [-0.25, -0.2) is 8.78 Å². The molecule has 1 radical (unpaired) electrons. The van der Waals surface area contributed by atoms with E-state index in [9.17, 15) is 8.78 Å². The molecule has 2 atom stereocenters. The first-order valence-electron chi connectivity index (χ1n) is 1.31. The second-order valence-corrected chi connectivity index (χ2v) is 2.61. The summed E-state index contributed by atoms with van der Waals surface area (Å²) >= 11 is 12.7. The van der Waals surface area contributed by atoms with E-state index in [0.29, 0.717) is 0 Å². The standard InChI is InChI=1S/C2HCl2F2S/c3-1(5)2(4,6)7/h1H. The van der Waals surface area contributed by atoms with Crippen LogP contribution < -0.4 is 0 Å². The quantitative estimate of drug-likeness (QED) is 0.525. The van der Waals surface area contributed by atoms with Gasteiger partial charge in [0, 0.05) is 0 Å². The molecule has 0 amide bonds. The van der Waals surface area contributed by atoms with E-state index < -0.39 is 10.1 Å². The van der Waals surface area contributed by atoms with Gasteiger partial charge in [0.15, 0.2) is 0 Å². The lowest BCUT2D eigenvalue weighted by Crippen LogP contribution is -2.14. The second-order valence-electron chi connectivity index (χ2n) is 0.862. The minimum absolute atomic E-state index is 2.32. The van der Waals surface area contributed by atoms with Gasteiger partial charge in [0.25, 0.3) is 4.46 Å². The molecular formula is C2HCl2F2S. The third-order valence-electron chi connectivity index (χ3n) is 0.254. The summed E-state index contributed by atoms with van der Waals surface area (Å²) < 4.78 is 20.1. The van der Waals surface area contributed by atoms with Crippen molar-refractivity contribution in [1.29, 1.82) is 0 Å². The SMILES string of the molecule is FC(Cl)C(F)([S])Cl. The third kappa shape index (κ3) is 3.38. The van der Waals surface area contributed by atoms with Crippen molar-refractivity contribution in [2.45, 2.75) is 10.1 Å². The fourth-order valence-corrected chi connectivity index (χ4v) is 0. The van der Waals surface area contributed by atoms with E-state index in [1.807, 2.05) is 0 Å². The maximum Gasteiger partial charge on any atom is 0.284 e. The normalized spacial score (nSPS) is 23.6. The lowest BCUT2D eigenvalue weighted by molar-refractivity contribution is 0.278. The van der Waals surface area contributed by atoms with Gasteiger partial charge in [0.05, 0.1) is 0 Å². The molecule has 0 aliphatic rings. The molecule has 0 aliphatic carbocycles. The first-order chi connectivity index (χ1) is 2.94. The van der Waals surface area contributed by atoms with E-state index in [0.717, 1.165) is 0 Å². The van der Waals surface area contributed by atoms with Gasteiger partial charge in [-0.2, -0.15) is 0 Å². The Balaban J connectivity index is 3.54. The maximum atomic E-state index is 11.6. The Morgan fingerprint density at radius 1 is 1.71 bits per heavy atom. The Hall–Kier alpha value is 0.790. The van der Waals surface area contributed by atoms with Crippen molar-refractivity contribution in [3.05, 3.63) is 0 Å². The molecule has 0 heterocycles. The number of hydrogen-bond donors (Lipinski definition) is 0.